The van der Waals surface area contributed by atoms with Gasteiger partial charge in [-0.2, -0.15) is 0 Å². The summed E-state index contributed by atoms with van der Waals surface area (Å²) in [5.41, 5.74) is -0.402. The van der Waals surface area contributed by atoms with E-state index in [1.807, 2.05) is 35.7 Å². The predicted octanol–water partition coefficient (Wildman–Crippen LogP) is 3.07. The second kappa shape index (κ2) is 4.82. The van der Waals surface area contributed by atoms with Crippen LogP contribution in [0.3, 0.4) is 0 Å². The molecular weight excluding hydrogens is 368 g/mol. The average Bonchev–Trinajstić information content (AvgIpc) is 3.09. The molecule has 1 spiro atoms. The fourth-order valence-electron chi connectivity index (χ4n) is 2.98. The molecule has 2 aromatic rings. The van der Waals surface area contributed by atoms with Crippen molar-refractivity contribution in [3.63, 3.8) is 0 Å². The first-order chi connectivity index (χ1) is 10.6. The van der Waals surface area contributed by atoms with E-state index in [2.05, 4.69) is 26.6 Å². The van der Waals surface area contributed by atoms with Crippen molar-refractivity contribution in [2.24, 2.45) is 0 Å². The highest BCUT2D eigenvalue weighted by atomic mass is 79.9. The molecule has 1 aromatic heterocycles. The Hall–Kier alpha value is -1.86. The number of amides is 3. The molecule has 22 heavy (non-hydrogen) atoms. The maximum atomic E-state index is 12.5. The molecule has 0 aliphatic carbocycles. The van der Waals surface area contributed by atoms with E-state index in [0.29, 0.717) is 17.7 Å². The molecule has 1 fully saturated rings. The van der Waals surface area contributed by atoms with Crippen LogP contribution in [0.5, 0.6) is 5.75 Å². The van der Waals surface area contributed by atoms with Crippen LogP contribution >= 0.6 is 27.3 Å². The van der Waals surface area contributed by atoms with Crippen LogP contribution in [0.25, 0.3) is 0 Å². The summed E-state index contributed by atoms with van der Waals surface area (Å²) in [4.78, 5) is 25.2. The molecule has 112 valence electrons. The lowest BCUT2D eigenvalue weighted by atomic mass is 9.81. The van der Waals surface area contributed by atoms with Crippen LogP contribution in [0.1, 0.15) is 23.0 Å². The largest absolute Gasteiger partial charge is 0.484 e. The molecule has 2 aliphatic heterocycles. The average molecular weight is 379 g/mol. The second-order valence-electron chi connectivity index (χ2n) is 5.28. The first-order valence-electron chi connectivity index (χ1n) is 6.72. The van der Waals surface area contributed by atoms with Gasteiger partial charge in [0, 0.05) is 21.3 Å². The Morgan fingerprint density at radius 2 is 2.18 bits per heavy atom. The van der Waals surface area contributed by atoms with Gasteiger partial charge in [-0.3, -0.25) is 10.1 Å². The Balaban J connectivity index is 1.87. The molecule has 1 aromatic carbocycles. The van der Waals surface area contributed by atoms with Gasteiger partial charge in [0.1, 0.15) is 11.9 Å². The summed E-state index contributed by atoms with van der Waals surface area (Å²) in [6.07, 6.45) is 0.104. The molecule has 0 radical (unpaired) electrons. The molecule has 7 heteroatoms. The van der Waals surface area contributed by atoms with Gasteiger partial charge in [0.05, 0.1) is 0 Å². The van der Waals surface area contributed by atoms with Gasteiger partial charge in [-0.25, -0.2) is 4.79 Å². The number of halogens is 1. The van der Waals surface area contributed by atoms with Crippen molar-refractivity contribution in [1.82, 2.24) is 10.6 Å². The van der Waals surface area contributed by atoms with E-state index >= 15 is 0 Å². The first kappa shape index (κ1) is 13.8. The van der Waals surface area contributed by atoms with Crippen LogP contribution < -0.4 is 15.4 Å². The van der Waals surface area contributed by atoms with E-state index in [1.54, 1.807) is 11.3 Å². The second-order valence-corrected chi connectivity index (χ2v) is 7.18. The van der Waals surface area contributed by atoms with Crippen LogP contribution in [-0.4, -0.2) is 11.9 Å². The maximum Gasteiger partial charge on any atom is 0.322 e. The van der Waals surface area contributed by atoms with E-state index in [4.69, 9.17) is 4.74 Å². The quantitative estimate of drug-likeness (QED) is 0.749. The highest BCUT2D eigenvalue weighted by Gasteiger charge is 2.53. The third kappa shape index (κ3) is 1.96. The zero-order chi connectivity index (χ0) is 15.3. The van der Waals surface area contributed by atoms with Gasteiger partial charge in [0.25, 0.3) is 5.91 Å². The minimum atomic E-state index is -1.08. The number of urea groups is 1. The number of carbonyl (C=O) groups is 2. The van der Waals surface area contributed by atoms with Crippen molar-refractivity contribution in [2.75, 3.05) is 0 Å². The maximum absolute atomic E-state index is 12.5. The topological polar surface area (TPSA) is 67.4 Å². The van der Waals surface area contributed by atoms with Crippen LogP contribution in [-0.2, 0) is 10.3 Å². The lowest BCUT2D eigenvalue weighted by Crippen LogP contribution is -2.48. The molecule has 2 unspecified atom stereocenters. The first-order valence-corrected chi connectivity index (χ1v) is 8.39. The van der Waals surface area contributed by atoms with E-state index in [0.717, 1.165) is 9.35 Å². The summed E-state index contributed by atoms with van der Waals surface area (Å²) < 4.78 is 6.89. The SMILES string of the molecule is O=C1NC(=O)C2(CC(c3cccs3)Oc3ccc(Br)cc32)N1. The molecule has 3 heterocycles. The van der Waals surface area contributed by atoms with Gasteiger partial charge in [-0.15, -0.1) is 11.3 Å². The van der Waals surface area contributed by atoms with E-state index < -0.39 is 11.6 Å². The van der Waals surface area contributed by atoms with Crippen molar-refractivity contribution in [1.29, 1.82) is 0 Å². The molecule has 0 bridgehead atoms. The third-order valence-electron chi connectivity index (χ3n) is 3.96. The summed E-state index contributed by atoms with van der Waals surface area (Å²) in [7, 11) is 0. The normalized spacial score (nSPS) is 26.3. The van der Waals surface area contributed by atoms with Crippen molar-refractivity contribution in [3.8, 4) is 5.75 Å². The molecule has 0 saturated carbocycles. The van der Waals surface area contributed by atoms with Gasteiger partial charge in [0.2, 0.25) is 0 Å². The monoisotopic (exact) mass is 378 g/mol. The van der Waals surface area contributed by atoms with Crippen LogP contribution in [0.2, 0.25) is 0 Å². The van der Waals surface area contributed by atoms with Crippen LogP contribution in [0, 0.1) is 0 Å². The minimum Gasteiger partial charge on any atom is -0.484 e. The molecule has 3 amide bonds. The Labute approximate surface area is 138 Å². The fourth-order valence-corrected chi connectivity index (χ4v) is 4.10. The predicted molar refractivity (Wildman–Crippen MR) is 84.8 cm³/mol. The molecule has 2 atom stereocenters. The standard InChI is InChI=1S/C15H11BrN2O3S/c16-8-3-4-10-9(6-8)15(13(19)17-14(20)18-15)7-11(21-10)12-2-1-5-22-12/h1-6,11H,7H2,(H2,17,18,19,20). The zero-order valence-electron chi connectivity index (χ0n) is 11.3. The molecule has 2 N–H and O–H groups in total. The van der Waals surface area contributed by atoms with E-state index in [1.165, 1.54) is 0 Å². The highest BCUT2D eigenvalue weighted by Crippen LogP contribution is 2.47. The zero-order valence-corrected chi connectivity index (χ0v) is 13.7. The number of fused-ring (bicyclic) bond motifs is 2. The third-order valence-corrected chi connectivity index (χ3v) is 5.42. The molecular formula is C15H11BrN2O3S. The summed E-state index contributed by atoms with van der Waals surface area (Å²) >= 11 is 4.98. The lowest BCUT2D eigenvalue weighted by Gasteiger charge is -2.37. The molecule has 5 nitrogen and oxygen atoms in total. The fraction of sp³-hybridized carbons (Fsp3) is 0.200. The van der Waals surface area contributed by atoms with Crippen LogP contribution in [0.15, 0.2) is 40.2 Å². The Morgan fingerprint density at radius 3 is 2.86 bits per heavy atom. The Bertz CT molecular complexity index is 777. The van der Waals surface area contributed by atoms with E-state index in [-0.39, 0.29) is 12.0 Å². The number of nitrogens with one attached hydrogen (secondary N) is 2. The van der Waals surface area contributed by atoms with Gasteiger partial charge in [0.15, 0.2) is 5.54 Å². The smallest absolute Gasteiger partial charge is 0.322 e. The Kier molecular flexibility index (Phi) is 3.02. The van der Waals surface area contributed by atoms with Crippen molar-refractivity contribution in [2.45, 2.75) is 18.1 Å². The summed E-state index contributed by atoms with van der Waals surface area (Å²) in [5.74, 6) is 0.284. The number of carbonyl (C=O) groups excluding carboxylic acids is 2. The number of imide groups is 1. The number of hydrogen-bond acceptors (Lipinski definition) is 4. The minimum absolute atomic E-state index is 0.266. The number of benzene rings is 1. The highest BCUT2D eigenvalue weighted by molar-refractivity contribution is 9.10. The van der Waals surface area contributed by atoms with Crippen molar-refractivity contribution < 1.29 is 14.3 Å². The lowest BCUT2D eigenvalue weighted by molar-refractivity contribution is -0.126. The van der Waals surface area contributed by atoms with Crippen molar-refractivity contribution in [3.05, 3.63) is 50.6 Å². The van der Waals surface area contributed by atoms with Crippen molar-refractivity contribution >= 4 is 39.2 Å². The van der Waals surface area contributed by atoms with E-state index in [9.17, 15) is 9.59 Å². The summed E-state index contributed by atoms with van der Waals surface area (Å²) in [5, 5.41) is 7.11. The van der Waals surface area contributed by atoms with Crippen LogP contribution in [0.4, 0.5) is 4.79 Å². The number of thiophene rings is 1. The molecule has 2 aliphatic rings. The number of rotatable bonds is 1. The molecule has 1 saturated heterocycles. The summed E-state index contributed by atoms with van der Waals surface area (Å²) in [6.45, 7) is 0. The Morgan fingerprint density at radius 1 is 1.32 bits per heavy atom. The van der Waals surface area contributed by atoms with Gasteiger partial charge < -0.3 is 10.1 Å². The van der Waals surface area contributed by atoms with Gasteiger partial charge >= 0.3 is 6.03 Å². The summed E-state index contributed by atoms with van der Waals surface area (Å²) in [6, 6.07) is 8.95. The van der Waals surface area contributed by atoms with Gasteiger partial charge in [-0.05, 0) is 29.6 Å². The molecule has 4 rings (SSSR count). The number of ether oxygens (including phenoxy) is 1. The number of hydrogen-bond donors (Lipinski definition) is 2. The van der Waals surface area contributed by atoms with Gasteiger partial charge in [-0.1, -0.05) is 22.0 Å².